The summed E-state index contributed by atoms with van der Waals surface area (Å²) in [7, 11) is 0. The highest BCUT2D eigenvalue weighted by molar-refractivity contribution is 7.10. The van der Waals surface area contributed by atoms with Crippen LogP contribution in [0.25, 0.3) is 0 Å². The highest BCUT2D eigenvalue weighted by atomic mass is 32.1. The number of pyridine rings is 1. The van der Waals surface area contributed by atoms with Crippen LogP contribution in [0.4, 0.5) is 5.69 Å². The summed E-state index contributed by atoms with van der Waals surface area (Å²) in [6.07, 6.45) is 3.40. The van der Waals surface area contributed by atoms with Crippen LogP contribution in [0.3, 0.4) is 0 Å². The van der Waals surface area contributed by atoms with Gasteiger partial charge in [-0.2, -0.15) is 0 Å². The number of carboxylic acids is 1. The fraction of sp³-hybridized carbons (Fsp3) is 0.333. The van der Waals surface area contributed by atoms with Crippen LogP contribution in [0.2, 0.25) is 0 Å². The van der Waals surface area contributed by atoms with Crippen molar-refractivity contribution in [3.63, 3.8) is 0 Å². The second-order valence-electron chi connectivity index (χ2n) is 4.68. The van der Waals surface area contributed by atoms with E-state index >= 15 is 0 Å². The number of carbonyl (C=O) groups is 1. The second-order valence-corrected chi connectivity index (χ2v) is 5.66. The summed E-state index contributed by atoms with van der Waals surface area (Å²) < 4.78 is 0. The van der Waals surface area contributed by atoms with Crippen LogP contribution in [0.5, 0.6) is 0 Å². The lowest BCUT2D eigenvalue weighted by Gasteiger charge is -2.19. The molecule has 1 atom stereocenters. The molecule has 0 aliphatic rings. The van der Waals surface area contributed by atoms with Gasteiger partial charge in [-0.3, -0.25) is 4.98 Å². The van der Waals surface area contributed by atoms with E-state index in [2.05, 4.69) is 23.3 Å². The first-order valence-electron chi connectivity index (χ1n) is 6.61. The molecule has 0 aromatic carbocycles. The van der Waals surface area contributed by atoms with E-state index in [1.807, 2.05) is 18.4 Å². The van der Waals surface area contributed by atoms with E-state index < -0.39 is 5.97 Å². The maximum Gasteiger partial charge on any atom is 0.339 e. The van der Waals surface area contributed by atoms with Crippen molar-refractivity contribution < 1.29 is 9.90 Å². The van der Waals surface area contributed by atoms with Gasteiger partial charge in [-0.05, 0) is 30.9 Å². The highest BCUT2D eigenvalue weighted by Gasteiger charge is 2.16. The topological polar surface area (TPSA) is 62.2 Å². The molecule has 0 radical (unpaired) electrons. The molecule has 0 aliphatic carbocycles. The molecule has 2 aromatic heterocycles. The molecular weight excluding hydrogens is 272 g/mol. The van der Waals surface area contributed by atoms with Crippen molar-refractivity contribution in [2.75, 3.05) is 5.32 Å². The molecule has 0 spiro atoms. The summed E-state index contributed by atoms with van der Waals surface area (Å²) >= 11 is 1.68. The quantitative estimate of drug-likeness (QED) is 0.840. The van der Waals surface area contributed by atoms with Crippen LogP contribution in [0, 0.1) is 6.92 Å². The number of anilines is 1. The number of nitrogens with one attached hydrogen (secondary N) is 1. The zero-order valence-corrected chi connectivity index (χ0v) is 12.4. The molecule has 2 rings (SSSR count). The summed E-state index contributed by atoms with van der Waals surface area (Å²) in [5.41, 5.74) is 1.66. The smallest absolute Gasteiger partial charge is 0.339 e. The maximum absolute atomic E-state index is 11.3. The molecule has 1 unspecified atom stereocenters. The first-order chi connectivity index (χ1) is 9.61. The van der Waals surface area contributed by atoms with Crippen molar-refractivity contribution in [3.8, 4) is 0 Å². The van der Waals surface area contributed by atoms with Crippen LogP contribution >= 0.6 is 11.3 Å². The van der Waals surface area contributed by atoms with Crippen molar-refractivity contribution in [1.82, 2.24) is 4.98 Å². The number of hydrogen-bond donors (Lipinski definition) is 2. The lowest BCUT2D eigenvalue weighted by molar-refractivity contribution is 0.0697. The van der Waals surface area contributed by atoms with E-state index in [1.165, 1.54) is 11.1 Å². The van der Waals surface area contributed by atoms with Crippen LogP contribution in [0.15, 0.2) is 29.8 Å². The van der Waals surface area contributed by atoms with Crippen molar-refractivity contribution in [1.29, 1.82) is 0 Å². The number of aromatic carboxylic acids is 1. The van der Waals surface area contributed by atoms with E-state index in [9.17, 15) is 9.90 Å². The van der Waals surface area contributed by atoms with Crippen LogP contribution in [0.1, 0.15) is 46.7 Å². The Morgan fingerprint density at radius 1 is 1.55 bits per heavy atom. The minimum atomic E-state index is -0.957. The molecule has 4 nitrogen and oxygen atoms in total. The Morgan fingerprint density at radius 2 is 2.35 bits per heavy atom. The minimum Gasteiger partial charge on any atom is -0.478 e. The van der Waals surface area contributed by atoms with Crippen molar-refractivity contribution >= 4 is 23.0 Å². The number of rotatable bonds is 6. The fourth-order valence-electron chi connectivity index (χ4n) is 2.10. The third-order valence-corrected chi connectivity index (χ3v) is 4.05. The summed E-state index contributed by atoms with van der Waals surface area (Å²) in [5.74, 6) is -0.957. The number of hydrogen-bond acceptors (Lipinski definition) is 4. The lowest BCUT2D eigenvalue weighted by Crippen LogP contribution is -2.13. The van der Waals surface area contributed by atoms with E-state index in [4.69, 9.17) is 0 Å². The standard InChI is InChI=1S/C15H18N2O2S/c1-3-5-12(14-6-4-7-20-14)17-13-8-10(2)16-9-11(13)15(18)19/h4,6-9,12H,3,5H2,1-2H3,(H,16,17)(H,18,19). The molecule has 20 heavy (non-hydrogen) atoms. The number of thiophene rings is 1. The molecule has 0 amide bonds. The second kappa shape index (κ2) is 6.52. The summed E-state index contributed by atoms with van der Waals surface area (Å²) in [5, 5.41) is 14.7. The molecule has 0 fully saturated rings. The van der Waals surface area contributed by atoms with Gasteiger partial charge < -0.3 is 10.4 Å². The lowest BCUT2D eigenvalue weighted by atomic mass is 10.1. The van der Waals surface area contributed by atoms with Gasteiger partial charge in [-0.1, -0.05) is 19.4 Å². The monoisotopic (exact) mass is 290 g/mol. The predicted octanol–water partition coefficient (Wildman–Crippen LogP) is 4.10. The Morgan fingerprint density at radius 3 is 2.95 bits per heavy atom. The van der Waals surface area contributed by atoms with Gasteiger partial charge in [-0.15, -0.1) is 11.3 Å². The zero-order chi connectivity index (χ0) is 14.5. The normalized spacial score (nSPS) is 12.1. The molecule has 0 saturated heterocycles. The van der Waals surface area contributed by atoms with Gasteiger partial charge in [-0.25, -0.2) is 4.79 Å². The van der Waals surface area contributed by atoms with Crippen molar-refractivity contribution in [2.45, 2.75) is 32.7 Å². The number of nitrogens with zero attached hydrogens (tertiary/aromatic N) is 1. The van der Waals surface area contributed by atoms with Gasteiger partial charge in [0.15, 0.2) is 0 Å². The van der Waals surface area contributed by atoms with Gasteiger partial charge in [0, 0.05) is 16.8 Å². The highest BCUT2D eigenvalue weighted by Crippen LogP contribution is 2.29. The number of aryl methyl sites for hydroxylation is 1. The van der Waals surface area contributed by atoms with Gasteiger partial charge in [0.25, 0.3) is 0 Å². The number of aromatic nitrogens is 1. The zero-order valence-electron chi connectivity index (χ0n) is 11.6. The molecule has 5 heteroatoms. The molecular formula is C15H18N2O2S. The van der Waals surface area contributed by atoms with E-state index in [0.29, 0.717) is 5.69 Å². The van der Waals surface area contributed by atoms with Gasteiger partial charge in [0.2, 0.25) is 0 Å². The van der Waals surface area contributed by atoms with E-state index in [1.54, 1.807) is 17.4 Å². The van der Waals surface area contributed by atoms with Gasteiger partial charge in [0.1, 0.15) is 5.56 Å². The average Bonchev–Trinajstić information content (AvgIpc) is 2.91. The van der Waals surface area contributed by atoms with Crippen LogP contribution in [-0.4, -0.2) is 16.1 Å². The van der Waals surface area contributed by atoms with E-state index in [0.717, 1.165) is 18.5 Å². The Kier molecular flexibility index (Phi) is 4.74. The van der Waals surface area contributed by atoms with Crippen LogP contribution in [-0.2, 0) is 0 Å². The Balaban J connectivity index is 2.30. The SMILES string of the molecule is CCCC(Nc1cc(C)ncc1C(=O)O)c1cccs1. The molecule has 0 bridgehead atoms. The predicted molar refractivity (Wildman–Crippen MR) is 81.5 cm³/mol. The summed E-state index contributed by atoms with van der Waals surface area (Å²) in [6.45, 7) is 3.98. The summed E-state index contributed by atoms with van der Waals surface area (Å²) in [6, 6.07) is 6.02. The first-order valence-corrected chi connectivity index (χ1v) is 7.49. The molecule has 0 saturated carbocycles. The Hall–Kier alpha value is -1.88. The van der Waals surface area contributed by atoms with Crippen molar-refractivity contribution in [3.05, 3.63) is 45.9 Å². The third-order valence-electron chi connectivity index (χ3n) is 3.06. The largest absolute Gasteiger partial charge is 0.478 e. The van der Waals surface area contributed by atoms with Gasteiger partial charge in [0.05, 0.1) is 11.7 Å². The molecule has 2 aromatic rings. The van der Waals surface area contributed by atoms with Crippen LogP contribution < -0.4 is 5.32 Å². The first kappa shape index (κ1) is 14.5. The molecule has 2 heterocycles. The molecule has 106 valence electrons. The van der Waals surface area contributed by atoms with Crippen molar-refractivity contribution in [2.24, 2.45) is 0 Å². The number of carboxylic acid groups (broad SMARTS) is 1. The molecule has 2 N–H and O–H groups in total. The fourth-order valence-corrected chi connectivity index (χ4v) is 2.91. The average molecular weight is 290 g/mol. The maximum atomic E-state index is 11.3. The Labute approximate surface area is 122 Å². The summed E-state index contributed by atoms with van der Waals surface area (Å²) in [4.78, 5) is 16.6. The third kappa shape index (κ3) is 3.36. The van der Waals surface area contributed by atoms with E-state index in [-0.39, 0.29) is 11.6 Å². The minimum absolute atomic E-state index is 0.139. The Bertz CT molecular complexity index is 582. The van der Waals surface area contributed by atoms with Gasteiger partial charge >= 0.3 is 5.97 Å². The molecule has 0 aliphatic heterocycles.